The quantitative estimate of drug-likeness (QED) is 0.613. The van der Waals surface area contributed by atoms with Gasteiger partial charge in [0, 0.05) is 18.7 Å². The van der Waals surface area contributed by atoms with Gasteiger partial charge in [0.15, 0.2) is 0 Å². The Morgan fingerprint density at radius 3 is 2.42 bits per heavy atom. The summed E-state index contributed by atoms with van der Waals surface area (Å²) in [5.41, 5.74) is 0.303. The van der Waals surface area contributed by atoms with Crippen molar-refractivity contribution in [1.82, 2.24) is 4.90 Å². The minimum atomic E-state index is -0.227. The third kappa shape index (κ3) is 2.08. The van der Waals surface area contributed by atoms with Crippen molar-refractivity contribution in [3.8, 4) is 0 Å². The number of hydrogen-bond donors (Lipinski definition) is 1. The molecule has 0 spiro atoms. The Morgan fingerprint density at radius 1 is 1.33 bits per heavy atom. The second-order valence-electron chi connectivity index (χ2n) is 3.11. The van der Waals surface area contributed by atoms with E-state index < -0.39 is 0 Å². The maximum absolute atomic E-state index is 11.4. The summed E-state index contributed by atoms with van der Waals surface area (Å²) >= 11 is 0. The van der Waals surface area contributed by atoms with E-state index in [2.05, 4.69) is 6.58 Å². The van der Waals surface area contributed by atoms with Gasteiger partial charge in [0.05, 0.1) is 6.61 Å². The number of amides is 1. The van der Waals surface area contributed by atoms with Crippen LogP contribution in [0.2, 0.25) is 0 Å². The molecule has 1 amide bonds. The number of hydrogen-bond acceptors (Lipinski definition) is 2. The van der Waals surface area contributed by atoms with Gasteiger partial charge < -0.3 is 10.0 Å². The molecule has 0 saturated carbocycles. The molecule has 0 unspecified atom stereocenters. The first-order chi connectivity index (χ1) is 5.75. The fraction of sp³-hybridized carbons (Fsp3) is 0.667. The van der Waals surface area contributed by atoms with Crippen LogP contribution in [0, 0.1) is 0 Å². The summed E-state index contributed by atoms with van der Waals surface area (Å²) in [6.07, 6.45) is 3.35. The Bertz CT molecular complexity index is 183. The van der Waals surface area contributed by atoms with Gasteiger partial charge in [-0.2, -0.15) is 0 Å². The Labute approximate surface area is 72.7 Å². The van der Waals surface area contributed by atoms with E-state index in [9.17, 15) is 4.79 Å². The van der Waals surface area contributed by atoms with Crippen LogP contribution >= 0.6 is 0 Å². The van der Waals surface area contributed by atoms with Crippen LogP contribution in [-0.2, 0) is 4.79 Å². The lowest BCUT2D eigenvalue weighted by atomic mass is 10.1. The summed E-state index contributed by atoms with van der Waals surface area (Å²) in [5.74, 6) is -0.0859. The highest BCUT2D eigenvalue weighted by Gasteiger charge is 2.17. The Morgan fingerprint density at radius 2 is 1.92 bits per heavy atom. The third-order valence-electron chi connectivity index (χ3n) is 2.14. The molecular formula is C9H15NO2. The number of piperidine rings is 1. The molecular weight excluding hydrogens is 154 g/mol. The zero-order chi connectivity index (χ0) is 8.97. The van der Waals surface area contributed by atoms with Gasteiger partial charge in [-0.25, -0.2) is 0 Å². The summed E-state index contributed by atoms with van der Waals surface area (Å²) in [6, 6.07) is 0. The van der Waals surface area contributed by atoms with E-state index in [1.807, 2.05) is 0 Å². The molecule has 0 atom stereocenters. The molecule has 0 radical (unpaired) electrons. The summed E-state index contributed by atoms with van der Waals surface area (Å²) in [6.45, 7) is 4.91. The van der Waals surface area contributed by atoms with E-state index in [-0.39, 0.29) is 12.5 Å². The van der Waals surface area contributed by atoms with Crippen molar-refractivity contribution < 1.29 is 9.90 Å². The van der Waals surface area contributed by atoms with Crippen molar-refractivity contribution in [3.05, 3.63) is 12.2 Å². The zero-order valence-corrected chi connectivity index (χ0v) is 7.25. The minimum absolute atomic E-state index is 0.0859. The number of carbonyl (C=O) groups is 1. The fourth-order valence-electron chi connectivity index (χ4n) is 1.39. The van der Waals surface area contributed by atoms with Crippen LogP contribution in [-0.4, -0.2) is 35.6 Å². The van der Waals surface area contributed by atoms with Crippen LogP contribution in [0.4, 0.5) is 0 Å². The van der Waals surface area contributed by atoms with Crippen LogP contribution in [0.1, 0.15) is 19.3 Å². The van der Waals surface area contributed by atoms with Gasteiger partial charge in [0.25, 0.3) is 5.91 Å². The van der Waals surface area contributed by atoms with Crippen LogP contribution in [0.3, 0.4) is 0 Å². The van der Waals surface area contributed by atoms with Gasteiger partial charge in [-0.3, -0.25) is 4.79 Å². The molecule has 3 heteroatoms. The molecule has 0 bridgehead atoms. The van der Waals surface area contributed by atoms with Gasteiger partial charge in [-0.05, 0) is 19.3 Å². The van der Waals surface area contributed by atoms with Crippen molar-refractivity contribution in [2.45, 2.75) is 19.3 Å². The zero-order valence-electron chi connectivity index (χ0n) is 7.25. The maximum Gasteiger partial charge on any atom is 0.251 e. The molecule has 68 valence electrons. The maximum atomic E-state index is 11.4. The van der Waals surface area contributed by atoms with Crippen LogP contribution in [0.5, 0.6) is 0 Å². The molecule has 1 aliphatic heterocycles. The molecule has 12 heavy (non-hydrogen) atoms. The van der Waals surface area contributed by atoms with Crippen molar-refractivity contribution >= 4 is 5.91 Å². The first-order valence-electron chi connectivity index (χ1n) is 4.33. The standard InChI is InChI=1S/C9H15NO2/c1-8(7-11)9(12)10-5-3-2-4-6-10/h11H,1-7H2. The van der Waals surface area contributed by atoms with E-state index in [1.165, 1.54) is 6.42 Å². The van der Waals surface area contributed by atoms with Crippen molar-refractivity contribution in [1.29, 1.82) is 0 Å². The number of carbonyl (C=O) groups excluding carboxylic acids is 1. The van der Waals surface area contributed by atoms with Gasteiger partial charge in [0.1, 0.15) is 0 Å². The summed E-state index contributed by atoms with van der Waals surface area (Å²) < 4.78 is 0. The highest BCUT2D eigenvalue weighted by Crippen LogP contribution is 2.10. The SMILES string of the molecule is C=C(CO)C(=O)N1CCCCC1. The van der Waals surface area contributed by atoms with Gasteiger partial charge >= 0.3 is 0 Å². The molecule has 0 aromatic carbocycles. The number of rotatable bonds is 2. The van der Waals surface area contributed by atoms with Gasteiger partial charge in [-0.1, -0.05) is 6.58 Å². The first-order valence-corrected chi connectivity index (χ1v) is 4.33. The molecule has 1 fully saturated rings. The highest BCUT2D eigenvalue weighted by atomic mass is 16.3. The van der Waals surface area contributed by atoms with E-state index in [0.29, 0.717) is 5.57 Å². The number of aliphatic hydroxyl groups excluding tert-OH is 1. The molecule has 0 aromatic heterocycles. The van der Waals surface area contributed by atoms with Crippen LogP contribution < -0.4 is 0 Å². The van der Waals surface area contributed by atoms with Crippen LogP contribution in [0.15, 0.2) is 12.2 Å². The Hall–Kier alpha value is -0.830. The highest BCUT2D eigenvalue weighted by molar-refractivity contribution is 5.93. The van der Waals surface area contributed by atoms with Gasteiger partial charge in [-0.15, -0.1) is 0 Å². The average molecular weight is 169 g/mol. The van der Waals surface area contributed by atoms with E-state index in [0.717, 1.165) is 25.9 Å². The number of likely N-dealkylation sites (tertiary alicyclic amines) is 1. The largest absolute Gasteiger partial charge is 0.391 e. The normalized spacial score (nSPS) is 17.6. The van der Waals surface area contributed by atoms with E-state index >= 15 is 0 Å². The average Bonchev–Trinajstić information content (AvgIpc) is 2.17. The topological polar surface area (TPSA) is 40.5 Å². The molecule has 1 aliphatic rings. The minimum Gasteiger partial charge on any atom is -0.391 e. The predicted molar refractivity (Wildman–Crippen MR) is 46.7 cm³/mol. The number of aliphatic hydroxyl groups is 1. The van der Waals surface area contributed by atoms with E-state index in [4.69, 9.17) is 5.11 Å². The smallest absolute Gasteiger partial charge is 0.251 e. The Kier molecular flexibility index (Phi) is 3.29. The van der Waals surface area contributed by atoms with Gasteiger partial charge in [0.2, 0.25) is 0 Å². The second kappa shape index (κ2) is 4.26. The summed E-state index contributed by atoms with van der Waals surface area (Å²) in [4.78, 5) is 13.2. The summed E-state index contributed by atoms with van der Waals surface area (Å²) in [5, 5.41) is 8.69. The lowest BCUT2D eigenvalue weighted by Crippen LogP contribution is -2.36. The van der Waals surface area contributed by atoms with E-state index in [1.54, 1.807) is 4.90 Å². The molecule has 1 rings (SSSR count). The van der Waals surface area contributed by atoms with Crippen molar-refractivity contribution in [2.75, 3.05) is 19.7 Å². The third-order valence-corrected chi connectivity index (χ3v) is 2.14. The predicted octanol–water partition coefficient (Wildman–Crippen LogP) is 0.547. The molecule has 0 aromatic rings. The van der Waals surface area contributed by atoms with Crippen molar-refractivity contribution in [3.63, 3.8) is 0 Å². The molecule has 1 saturated heterocycles. The summed E-state index contributed by atoms with van der Waals surface area (Å²) in [7, 11) is 0. The lowest BCUT2D eigenvalue weighted by molar-refractivity contribution is -0.128. The van der Waals surface area contributed by atoms with Crippen LogP contribution in [0.25, 0.3) is 0 Å². The monoisotopic (exact) mass is 169 g/mol. The molecule has 1 N–H and O–H groups in total. The molecule has 0 aliphatic carbocycles. The molecule has 1 heterocycles. The Balaban J connectivity index is 2.45. The number of nitrogens with zero attached hydrogens (tertiary/aromatic N) is 1. The fourth-order valence-corrected chi connectivity index (χ4v) is 1.39. The first kappa shape index (κ1) is 9.26. The van der Waals surface area contributed by atoms with Crippen molar-refractivity contribution in [2.24, 2.45) is 0 Å². The lowest BCUT2D eigenvalue weighted by Gasteiger charge is -2.26. The second-order valence-corrected chi connectivity index (χ2v) is 3.11. The molecule has 3 nitrogen and oxygen atoms in total.